The quantitative estimate of drug-likeness (QED) is 0.0518. The van der Waals surface area contributed by atoms with Gasteiger partial charge in [0.15, 0.2) is 0 Å². The van der Waals surface area contributed by atoms with Gasteiger partial charge in [-0.2, -0.15) is 0 Å². The smallest absolute Gasteiger partial charge is 0.246 e. The molecule has 0 aliphatic carbocycles. The molecule has 4 unspecified atom stereocenters. The summed E-state index contributed by atoms with van der Waals surface area (Å²) in [7, 11) is 7.18. The monoisotopic (exact) mass is 748 g/mol. The van der Waals surface area contributed by atoms with Crippen LogP contribution in [0.4, 0.5) is 5.69 Å². The maximum atomic E-state index is 14.2. The van der Waals surface area contributed by atoms with E-state index in [4.69, 9.17) is 0 Å². The lowest BCUT2D eigenvalue weighted by molar-refractivity contribution is -0.139. The van der Waals surface area contributed by atoms with Gasteiger partial charge in [0.2, 0.25) is 29.5 Å². The summed E-state index contributed by atoms with van der Waals surface area (Å²) < 4.78 is 0. The largest absolute Gasteiger partial charge is 0.356 e. The van der Waals surface area contributed by atoms with Crippen molar-refractivity contribution in [3.8, 4) is 0 Å². The Morgan fingerprint density at radius 2 is 1.41 bits per heavy atom. The summed E-state index contributed by atoms with van der Waals surface area (Å²) in [6.45, 7) is 18.8. The molecule has 0 aromatic heterocycles. The van der Waals surface area contributed by atoms with Crippen LogP contribution in [-0.4, -0.2) is 92.3 Å². The molecule has 5 amide bonds. The minimum Gasteiger partial charge on any atom is -0.356 e. The molecular weight excluding hydrogens is 685 g/mol. The lowest BCUT2D eigenvalue weighted by Gasteiger charge is -2.39. The van der Waals surface area contributed by atoms with E-state index in [1.54, 1.807) is 47.6 Å². The van der Waals surface area contributed by atoms with Crippen molar-refractivity contribution in [2.24, 2.45) is 22.7 Å². The number of amides is 5. The minimum absolute atomic E-state index is 0.0510. The molecule has 11 nitrogen and oxygen atoms in total. The number of para-hydroxylation sites is 1. The Hall–Kier alpha value is -3.03. The zero-order chi connectivity index (χ0) is 38.6. The number of anilines is 1. The summed E-state index contributed by atoms with van der Waals surface area (Å²) in [4.78, 5) is 68.6. The summed E-state index contributed by atoms with van der Waals surface area (Å²) in [5.74, 6) is -0.707. The molecule has 0 spiro atoms. The molecule has 1 aromatic carbocycles. The number of hydrogen-bond acceptors (Lipinski definition) is 8. The van der Waals surface area contributed by atoms with Crippen LogP contribution in [0, 0.1) is 22.7 Å². The molecule has 51 heavy (non-hydrogen) atoms. The van der Waals surface area contributed by atoms with Gasteiger partial charge in [0.05, 0.1) is 0 Å². The standard InChI is InChI=1S/C38H64N6O5S2/c1-11-37(7,35(48)41-20-23-51-50-22-19-39-32(45)27(2)3)26-38(8,36(49)40-18-15-21-44(9)10)25-30(24-29(6)33(46)42-28(4)5)34(47)43-31-16-13-12-14-17-31/h12-14,16-17,28-30H,2,11,15,18-26H2,1,3-10H3,(H,39,45)(H,40,49)(H,41,48)(H,42,46)(H,43,47). The van der Waals surface area contributed by atoms with E-state index in [0.29, 0.717) is 43.1 Å². The van der Waals surface area contributed by atoms with Crippen molar-refractivity contribution in [3.63, 3.8) is 0 Å². The fourth-order valence-corrected chi connectivity index (χ4v) is 7.54. The van der Waals surface area contributed by atoms with E-state index in [1.807, 2.05) is 66.9 Å². The third-order valence-corrected chi connectivity index (χ3v) is 11.2. The second kappa shape index (κ2) is 23.5. The van der Waals surface area contributed by atoms with Crippen LogP contribution in [0.15, 0.2) is 42.5 Å². The van der Waals surface area contributed by atoms with Crippen molar-refractivity contribution < 1.29 is 24.0 Å². The highest BCUT2D eigenvalue weighted by molar-refractivity contribution is 8.76. The summed E-state index contributed by atoms with van der Waals surface area (Å²) in [5.41, 5.74) is -0.901. The lowest BCUT2D eigenvalue weighted by Crippen LogP contribution is -2.49. The number of rotatable bonds is 25. The average Bonchev–Trinajstić information content (AvgIpc) is 3.06. The van der Waals surface area contributed by atoms with Crippen molar-refractivity contribution >= 4 is 56.8 Å². The van der Waals surface area contributed by atoms with Gasteiger partial charge in [0.25, 0.3) is 0 Å². The number of nitrogens with zero attached hydrogens (tertiary/aromatic N) is 1. The molecule has 0 fully saturated rings. The molecule has 1 rings (SSSR count). The molecule has 1 aromatic rings. The maximum Gasteiger partial charge on any atom is 0.246 e. The Labute approximate surface area is 314 Å². The van der Waals surface area contributed by atoms with Gasteiger partial charge in [-0.3, -0.25) is 24.0 Å². The second-order valence-electron chi connectivity index (χ2n) is 14.6. The molecule has 0 saturated carbocycles. The van der Waals surface area contributed by atoms with Crippen molar-refractivity contribution in [2.45, 2.75) is 86.6 Å². The summed E-state index contributed by atoms with van der Waals surface area (Å²) in [5, 5.41) is 14.9. The molecule has 13 heteroatoms. The van der Waals surface area contributed by atoms with Gasteiger partial charge in [-0.25, -0.2) is 0 Å². The van der Waals surface area contributed by atoms with Crippen molar-refractivity contribution in [1.29, 1.82) is 0 Å². The van der Waals surface area contributed by atoms with Gasteiger partial charge in [-0.1, -0.05) is 74.1 Å². The highest BCUT2D eigenvalue weighted by atomic mass is 33.1. The van der Waals surface area contributed by atoms with E-state index < -0.39 is 22.7 Å². The van der Waals surface area contributed by atoms with E-state index in [1.165, 1.54) is 0 Å². The van der Waals surface area contributed by atoms with Crippen LogP contribution < -0.4 is 26.6 Å². The molecule has 0 saturated heterocycles. The van der Waals surface area contributed by atoms with Crippen LogP contribution in [0.25, 0.3) is 0 Å². The van der Waals surface area contributed by atoms with Gasteiger partial charge >= 0.3 is 0 Å². The molecule has 0 radical (unpaired) electrons. The van der Waals surface area contributed by atoms with E-state index in [0.717, 1.165) is 18.7 Å². The number of benzene rings is 1. The van der Waals surface area contributed by atoms with Gasteiger partial charge in [-0.15, -0.1) is 0 Å². The summed E-state index contributed by atoms with van der Waals surface area (Å²) >= 11 is 0. The van der Waals surface area contributed by atoms with E-state index in [9.17, 15) is 24.0 Å². The Morgan fingerprint density at radius 1 is 0.843 bits per heavy atom. The molecule has 0 heterocycles. The highest BCUT2D eigenvalue weighted by Crippen LogP contribution is 2.43. The molecule has 0 aliphatic rings. The first-order chi connectivity index (χ1) is 23.9. The number of nitrogens with one attached hydrogen (secondary N) is 5. The second-order valence-corrected chi connectivity index (χ2v) is 17.3. The molecule has 4 atom stereocenters. The molecule has 0 bridgehead atoms. The topological polar surface area (TPSA) is 149 Å². The number of hydrogen-bond donors (Lipinski definition) is 5. The molecular formula is C38H64N6O5S2. The van der Waals surface area contributed by atoms with Crippen LogP contribution in [0.1, 0.15) is 80.6 Å². The van der Waals surface area contributed by atoms with Crippen molar-refractivity contribution in [3.05, 3.63) is 42.5 Å². The molecule has 288 valence electrons. The Bertz CT molecular complexity index is 1280. The van der Waals surface area contributed by atoms with Gasteiger partial charge in [-0.05, 0) is 85.6 Å². The molecule has 5 N–H and O–H groups in total. The number of carbonyl (C=O) groups excluding carboxylic acids is 5. The van der Waals surface area contributed by atoms with Gasteiger partial charge in [0.1, 0.15) is 0 Å². The first-order valence-electron chi connectivity index (χ1n) is 18.0. The zero-order valence-corrected chi connectivity index (χ0v) is 34.0. The Balaban J connectivity index is 3.21. The highest BCUT2D eigenvalue weighted by Gasteiger charge is 2.46. The van der Waals surface area contributed by atoms with Gasteiger partial charge < -0.3 is 31.5 Å². The summed E-state index contributed by atoms with van der Waals surface area (Å²) in [6.07, 6.45) is 1.85. The van der Waals surface area contributed by atoms with Crippen LogP contribution in [-0.2, 0) is 24.0 Å². The van der Waals surface area contributed by atoms with Crippen molar-refractivity contribution in [1.82, 2.24) is 26.2 Å². The fourth-order valence-electron chi connectivity index (χ4n) is 5.73. The van der Waals surface area contributed by atoms with E-state index in [2.05, 4.69) is 38.1 Å². The predicted molar refractivity (Wildman–Crippen MR) is 213 cm³/mol. The third-order valence-electron chi connectivity index (χ3n) is 8.76. The van der Waals surface area contributed by atoms with Crippen LogP contribution in [0.2, 0.25) is 0 Å². The Kier molecular flexibility index (Phi) is 21.2. The number of carbonyl (C=O) groups is 5. The van der Waals surface area contributed by atoms with E-state index in [-0.39, 0.29) is 54.8 Å². The minimum atomic E-state index is -1.11. The van der Waals surface area contributed by atoms with Crippen LogP contribution in [0.5, 0.6) is 0 Å². The first-order valence-corrected chi connectivity index (χ1v) is 20.5. The summed E-state index contributed by atoms with van der Waals surface area (Å²) in [6, 6.07) is 9.09. The Morgan fingerprint density at radius 3 is 1.96 bits per heavy atom. The molecule has 0 aliphatic heterocycles. The normalized spacial score (nSPS) is 14.8. The predicted octanol–water partition coefficient (Wildman–Crippen LogP) is 5.25. The zero-order valence-electron chi connectivity index (χ0n) is 32.4. The van der Waals surface area contributed by atoms with E-state index >= 15 is 0 Å². The SMILES string of the molecule is C=C(C)C(=O)NCCSSCCNC(=O)C(C)(CC)CC(C)(CC(CC(C)C(=O)NC(C)C)C(=O)Nc1ccccc1)C(=O)NCCCN(C)C. The van der Waals surface area contributed by atoms with Crippen LogP contribution >= 0.6 is 21.6 Å². The fraction of sp³-hybridized carbons (Fsp3) is 0.658. The lowest BCUT2D eigenvalue weighted by atomic mass is 9.66. The van der Waals surface area contributed by atoms with Crippen LogP contribution in [0.3, 0.4) is 0 Å². The van der Waals surface area contributed by atoms with Gasteiger partial charge in [0, 0.05) is 71.1 Å². The first kappa shape index (κ1) is 46.0. The third kappa shape index (κ3) is 17.8. The maximum absolute atomic E-state index is 14.2. The van der Waals surface area contributed by atoms with Crippen molar-refractivity contribution in [2.75, 3.05) is 57.1 Å². The average molecular weight is 749 g/mol.